The Hall–Kier alpha value is -1.82. The largest absolute Gasteiger partial charge is 0.478 e. The zero-order valence-corrected chi connectivity index (χ0v) is 11.3. The van der Waals surface area contributed by atoms with Crippen molar-refractivity contribution in [1.29, 1.82) is 0 Å². The molecule has 0 spiro atoms. The third-order valence-corrected chi connectivity index (χ3v) is 2.77. The Labute approximate surface area is 112 Å². The van der Waals surface area contributed by atoms with Crippen LogP contribution in [-0.4, -0.2) is 48.1 Å². The van der Waals surface area contributed by atoms with E-state index in [0.29, 0.717) is 6.54 Å². The number of carbonyl (C=O) groups excluding carboxylic acids is 1. The molecule has 0 aliphatic heterocycles. The van der Waals surface area contributed by atoms with Crippen molar-refractivity contribution in [1.82, 2.24) is 10.2 Å². The molecule has 19 heavy (non-hydrogen) atoms. The molecule has 6 nitrogen and oxygen atoms in total. The number of rotatable bonds is 8. The Morgan fingerprint density at radius 1 is 1.37 bits per heavy atom. The normalized spacial score (nSPS) is 10.7. The summed E-state index contributed by atoms with van der Waals surface area (Å²) in [7, 11) is 0. The summed E-state index contributed by atoms with van der Waals surface area (Å²) >= 11 is 0. The smallest absolute Gasteiger partial charge is 0.338 e. The van der Waals surface area contributed by atoms with E-state index < -0.39 is 5.97 Å². The summed E-state index contributed by atoms with van der Waals surface area (Å²) in [5, 5.41) is 11.4. The summed E-state index contributed by atoms with van der Waals surface area (Å²) in [5.41, 5.74) is -0.0219. The predicted molar refractivity (Wildman–Crippen MR) is 70.4 cm³/mol. The van der Waals surface area contributed by atoms with E-state index in [9.17, 15) is 9.59 Å². The Morgan fingerprint density at radius 3 is 2.63 bits per heavy atom. The van der Waals surface area contributed by atoms with E-state index in [0.717, 1.165) is 32.3 Å². The van der Waals surface area contributed by atoms with Gasteiger partial charge in [0.25, 0.3) is 5.91 Å². The number of amides is 1. The van der Waals surface area contributed by atoms with Crippen LogP contribution in [0.3, 0.4) is 0 Å². The first-order chi connectivity index (χ1) is 9.08. The Kier molecular flexibility index (Phi) is 6.08. The lowest BCUT2D eigenvalue weighted by atomic mass is 10.3. The molecule has 0 aliphatic carbocycles. The quantitative estimate of drug-likeness (QED) is 0.745. The second kappa shape index (κ2) is 7.58. The van der Waals surface area contributed by atoms with Crippen molar-refractivity contribution in [2.45, 2.75) is 20.3 Å². The monoisotopic (exact) mass is 268 g/mol. The summed E-state index contributed by atoms with van der Waals surface area (Å²) in [4.78, 5) is 24.6. The number of aromatic carboxylic acids is 1. The molecule has 0 fully saturated rings. The number of nitrogens with one attached hydrogen (secondary N) is 1. The molecule has 0 saturated carbocycles. The molecule has 0 aliphatic rings. The van der Waals surface area contributed by atoms with Crippen molar-refractivity contribution in [3.63, 3.8) is 0 Å². The van der Waals surface area contributed by atoms with Crippen molar-refractivity contribution >= 4 is 11.9 Å². The number of carboxylic acids is 1. The van der Waals surface area contributed by atoms with Crippen LogP contribution in [0.15, 0.2) is 16.7 Å². The van der Waals surface area contributed by atoms with Gasteiger partial charge in [0.05, 0.1) is 5.56 Å². The molecule has 0 atom stereocenters. The van der Waals surface area contributed by atoms with Gasteiger partial charge in [0.15, 0.2) is 5.76 Å². The zero-order valence-electron chi connectivity index (χ0n) is 11.3. The fraction of sp³-hybridized carbons (Fsp3) is 0.538. The van der Waals surface area contributed by atoms with Gasteiger partial charge in [-0.15, -0.1) is 0 Å². The van der Waals surface area contributed by atoms with Crippen LogP contribution in [0.25, 0.3) is 0 Å². The van der Waals surface area contributed by atoms with Crippen LogP contribution in [0.5, 0.6) is 0 Å². The highest BCUT2D eigenvalue weighted by Crippen LogP contribution is 2.07. The zero-order chi connectivity index (χ0) is 14.3. The molecule has 0 saturated heterocycles. The van der Waals surface area contributed by atoms with Gasteiger partial charge in [-0.3, -0.25) is 4.79 Å². The average Bonchev–Trinajstić information content (AvgIpc) is 2.87. The van der Waals surface area contributed by atoms with Gasteiger partial charge in [-0.25, -0.2) is 4.79 Å². The summed E-state index contributed by atoms with van der Waals surface area (Å²) in [5.74, 6) is -1.47. The number of likely N-dealkylation sites (N-methyl/N-ethyl adjacent to an activating group) is 1. The maximum absolute atomic E-state index is 11.7. The van der Waals surface area contributed by atoms with Gasteiger partial charge in [-0.05, 0) is 19.5 Å². The minimum Gasteiger partial charge on any atom is -0.478 e. The summed E-state index contributed by atoms with van der Waals surface area (Å²) in [6.45, 7) is 7.39. The molecule has 1 aromatic heterocycles. The van der Waals surface area contributed by atoms with Gasteiger partial charge < -0.3 is 19.7 Å². The van der Waals surface area contributed by atoms with Crippen molar-refractivity contribution < 1.29 is 19.1 Å². The number of furan rings is 1. The first kappa shape index (κ1) is 15.2. The van der Waals surface area contributed by atoms with E-state index in [1.165, 1.54) is 6.07 Å². The molecule has 2 N–H and O–H groups in total. The molecule has 1 amide bonds. The van der Waals surface area contributed by atoms with Crippen molar-refractivity contribution in [3.8, 4) is 0 Å². The van der Waals surface area contributed by atoms with E-state index in [1.807, 2.05) is 0 Å². The maximum atomic E-state index is 11.7. The van der Waals surface area contributed by atoms with Crippen molar-refractivity contribution in [2.75, 3.05) is 26.2 Å². The lowest BCUT2D eigenvalue weighted by Crippen LogP contribution is -2.35. The lowest BCUT2D eigenvalue weighted by Gasteiger charge is -2.19. The standard InChI is InChI=1S/C13H20N2O4/c1-3-6-15(4-2)7-5-14-12(16)11-8-10(9-19-11)13(17)18/h8-9H,3-7H2,1-2H3,(H,14,16)(H,17,18). The van der Waals surface area contributed by atoms with Gasteiger partial charge in [-0.2, -0.15) is 0 Å². The number of carboxylic acid groups (broad SMARTS) is 1. The third kappa shape index (κ3) is 4.75. The third-order valence-electron chi connectivity index (χ3n) is 2.77. The first-order valence-electron chi connectivity index (χ1n) is 6.40. The van der Waals surface area contributed by atoms with Gasteiger partial charge in [0.1, 0.15) is 6.26 Å². The molecule has 0 bridgehead atoms. The first-order valence-corrected chi connectivity index (χ1v) is 6.40. The van der Waals surface area contributed by atoms with Crippen LogP contribution in [-0.2, 0) is 0 Å². The number of carbonyl (C=O) groups is 2. The fourth-order valence-corrected chi connectivity index (χ4v) is 1.73. The Morgan fingerprint density at radius 2 is 2.11 bits per heavy atom. The summed E-state index contributed by atoms with van der Waals surface area (Å²) in [6, 6.07) is 1.22. The summed E-state index contributed by atoms with van der Waals surface area (Å²) in [6.07, 6.45) is 2.13. The molecule has 0 unspecified atom stereocenters. The molecule has 106 valence electrons. The van der Waals surface area contributed by atoms with Crippen LogP contribution in [0.2, 0.25) is 0 Å². The topological polar surface area (TPSA) is 82.8 Å². The second-order valence-corrected chi connectivity index (χ2v) is 4.19. The number of nitrogens with zero attached hydrogens (tertiary/aromatic N) is 1. The molecule has 1 heterocycles. The Balaban J connectivity index is 2.40. The molecule has 0 aromatic carbocycles. The predicted octanol–water partition coefficient (Wildman–Crippen LogP) is 1.44. The Bertz CT molecular complexity index is 428. The molecule has 1 rings (SSSR count). The molecule has 1 aromatic rings. The van der Waals surface area contributed by atoms with Gasteiger partial charge >= 0.3 is 5.97 Å². The van der Waals surface area contributed by atoms with Crippen LogP contribution >= 0.6 is 0 Å². The van der Waals surface area contributed by atoms with Crippen LogP contribution < -0.4 is 5.32 Å². The highest BCUT2D eigenvalue weighted by molar-refractivity contribution is 5.95. The number of hydrogen-bond acceptors (Lipinski definition) is 4. The van der Waals surface area contributed by atoms with Crippen molar-refractivity contribution in [3.05, 3.63) is 23.7 Å². The van der Waals surface area contributed by atoms with Gasteiger partial charge in [0.2, 0.25) is 0 Å². The van der Waals surface area contributed by atoms with E-state index in [2.05, 4.69) is 24.1 Å². The molecular weight excluding hydrogens is 248 g/mol. The second-order valence-electron chi connectivity index (χ2n) is 4.19. The lowest BCUT2D eigenvalue weighted by molar-refractivity contribution is 0.0696. The van der Waals surface area contributed by atoms with Gasteiger partial charge in [-0.1, -0.05) is 13.8 Å². The fourth-order valence-electron chi connectivity index (χ4n) is 1.73. The highest BCUT2D eigenvalue weighted by atomic mass is 16.4. The summed E-state index contributed by atoms with van der Waals surface area (Å²) < 4.78 is 4.91. The molecule has 6 heteroatoms. The van der Waals surface area contributed by atoms with Crippen LogP contribution in [0, 0.1) is 0 Å². The average molecular weight is 268 g/mol. The highest BCUT2D eigenvalue weighted by Gasteiger charge is 2.14. The SMILES string of the molecule is CCCN(CC)CCNC(=O)c1cc(C(=O)O)co1. The van der Waals surface area contributed by atoms with E-state index >= 15 is 0 Å². The molecular formula is C13H20N2O4. The minimum atomic E-state index is -1.11. The van der Waals surface area contributed by atoms with E-state index in [1.54, 1.807) is 0 Å². The van der Waals surface area contributed by atoms with E-state index in [-0.39, 0.29) is 17.2 Å². The van der Waals surface area contributed by atoms with Crippen molar-refractivity contribution in [2.24, 2.45) is 0 Å². The minimum absolute atomic E-state index is 0.0219. The number of hydrogen-bond donors (Lipinski definition) is 2. The van der Waals surface area contributed by atoms with Gasteiger partial charge in [0, 0.05) is 19.2 Å². The maximum Gasteiger partial charge on any atom is 0.338 e. The van der Waals surface area contributed by atoms with E-state index in [4.69, 9.17) is 9.52 Å². The van der Waals surface area contributed by atoms with Crippen LogP contribution in [0.1, 0.15) is 41.2 Å². The molecule has 0 radical (unpaired) electrons. The van der Waals surface area contributed by atoms with Crippen LogP contribution in [0.4, 0.5) is 0 Å².